The van der Waals surface area contributed by atoms with Crippen molar-refractivity contribution in [1.29, 1.82) is 0 Å². The molecule has 5 rings (SSSR count). The minimum atomic E-state index is -0.534. The summed E-state index contributed by atoms with van der Waals surface area (Å²) in [6.07, 6.45) is 4.23. The smallest absolute Gasteiger partial charge is 0.256 e. The summed E-state index contributed by atoms with van der Waals surface area (Å²) >= 11 is 0. The Labute approximate surface area is 197 Å². The second-order valence-electron chi connectivity index (χ2n) is 9.10. The first-order valence-electron chi connectivity index (χ1n) is 11.9. The van der Waals surface area contributed by atoms with Crippen molar-refractivity contribution in [2.45, 2.75) is 32.1 Å². The summed E-state index contributed by atoms with van der Waals surface area (Å²) in [7, 11) is 0. The normalized spacial score (nSPS) is 18.6. The highest BCUT2D eigenvalue weighted by molar-refractivity contribution is 6.14. The molecule has 2 heterocycles. The first kappa shape index (κ1) is 22.4. The van der Waals surface area contributed by atoms with E-state index < -0.39 is 5.82 Å². The molecule has 0 bridgehead atoms. The van der Waals surface area contributed by atoms with Crippen LogP contribution in [-0.2, 0) is 11.2 Å². The Bertz CT molecular complexity index is 1180. The van der Waals surface area contributed by atoms with Crippen molar-refractivity contribution in [1.82, 2.24) is 4.90 Å². The van der Waals surface area contributed by atoms with Crippen LogP contribution in [0.25, 0.3) is 0 Å². The van der Waals surface area contributed by atoms with Gasteiger partial charge in [-0.1, -0.05) is 6.07 Å². The highest BCUT2D eigenvalue weighted by Crippen LogP contribution is 2.30. The molecule has 0 spiro atoms. The largest absolute Gasteiger partial charge is 0.368 e. The molecule has 1 saturated heterocycles. The third-order valence-corrected chi connectivity index (χ3v) is 6.96. The van der Waals surface area contributed by atoms with Crippen LogP contribution in [0.1, 0.15) is 41.6 Å². The van der Waals surface area contributed by atoms with E-state index in [1.807, 2.05) is 0 Å². The number of rotatable bonds is 4. The van der Waals surface area contributed by atoms with E-state index in [0.29, 0.717) is 32.6 Å². The van der Waals surface area contributed by atoms with Gasteiger partial charge in [-0.25, -0.2) is 8.78 Å². The van der Waals surface area contributed by atoms with E-state index in [1.165, 1.54) is 18.2 Å². The van der Waals surface area contributed by atoms with Gasteiger partial charge in [0, 0.05) is 49.6 Å². The molecule has 0 saturated carbocycles. The summed E-state index contributed by atoms with van der Waals surface area (Å²) in [5.41, 5.74) is 4.65. The van der Waals surface area contributed by atoms with Gasteiger partial charge >= 0.3 is 0 Å². The highest BCUT2D eigenvalue weighted by atomic mass is 19.1. The van der Waals surface area contributed by atoms with Crippen LogP contribution in [0.2, 0.25) is 0 Å². The number of carbonyl (C=O) groups is 2. The fourth-order valence-corrected chi connectivity index (χ4v) is 5.08. The average Bonchev–Trinajstić information content (AvgIpc) is 2.87. The fourth-order valence-electron chi connectivity index (χ4n) is 5.08. The van der Waals surface area contributed by atoms with Crippen LogP contribution in [0.3, 0.4) is 0 Å². The minimum absolute atomic E-state index is 0.0677. The molecule has 0 radical (unpaired) electrons. The Morgan fingerprint density at radius 3 is 2.35 bits per heavy atom. The predicted molar refractivity (Wildman–Crippen MR) is 127 cm³/mol. The maximum Gasteiger partial charge on any atom is 0.256 e. The lowest BCUT2D eigenvalue weighted by Crippen LogP contribution is -2.49. The maximum absolute atomic E-state index is 14.7. The van der Waals surface area contributed by atoms with Crippen molar-refractivity contribution in [3.8, 4) is 0 Å². The molecule has 2 aromatic rings. The Balaban J connectivity index is 1.28. The molecule has 1 fully saturated rings. The summed E-state index contributed by atoms with van der Waals surface area (Å²) in [5.74, 6) is -1.02. The molecule has 0 atom stereocenters. The standard InChI is InChI=1S/C27H27F2N3O2/c28-19-6-8-20(9-7-19)31-11-13-32(14-12-31)27(34)23-15-18(5-10-24(23)29)16-25-21-3-1-2-4-22(21)26(33)17-30-25/h5-10,15H,1-4,11-14,16-17H2. The Hall–Kier alpha value is -3.35. The highest BCUT2D eigenvalue weighted by Gasteiger charge is 2.27. The van der Waals surface area contributed by atoms with Gasteiger partial charge in [0.2, 0.25) is 0 Å². The molecule has 5 nitrogen and oxygen atoms in total. The van der Waals surface area contributed by atoms with Crippen molar-refractivity contribution in [3.63, 3.8) is 0 Å². The minimum Gasteiger partial charge on any atom is -0.368 e. The number of piperazine rings is 1. The summed E-state index contributed by atoms with van der Waals surface area (Å²) in [6, 6.07) is 11.0. The molecule has 1 amide bonds. The van der Waals surface area contributed by atoms with Crippen molar-refractivity contribution in [2.24, 2.45) is 4.99 Å². The fraction of sp³-hybridized carbons (Fsp3) is 0.370. The molecule has 7 heteroatoms. The van der Waals surface area contributed by atoms with Gasteiger partial charge < -0.3 is 9.80 Å². The van der Waals surface area contributed by atoms with Gasteiger partial charge in [-0.3, -0.25) is 14.6 Å². The second-order valence-corrected chi connectivity index (χ2v) is 9.10. The molecule has 176 valence electrons. The van der Waals surface area contributed by atoms with Gasteiger partial charge in [0.15, 0.2) is 5.78 Å². The number of hydrogen-bond acceptors (Lipinski definition) is 4. The van der Waals surface area contributed by atoms with Crippen LogP contribution in [0.15, 0.2) is 58.6 Å². The first-order valence-corrected chi connectivity index (χ1v) is 11.9. The number of benzene rings is 2. The van der Waals surface area contributed by atoms with E-state index in [9.17, 15) is 18.4 Å². The monoisotopic (exact) mass is 463 g/mol. The lowest BCUT2D eigenvalue weighted by atomic mass is 9.83. The Morgan fingerprint density at radius 1 is 0.912 bits per heavy atom. The van der Waals surface area contributed by atoms with Crippen molar-refractivity contribution < 1.29 is 18.4 Å². The van der Waals surface area contributed by atoms with E-state index in [1.54, 1.807) is 29.2 Å². The molecule has 2 aliphatic heterocycles. The van der Waals surface area contributed by atoms with Gasteiger partial charge in [-0.05, 0) is 73.2 Å². The Morgan fingerprint density at radius 2 is 1.62 bits per heavy atom. The summed E-state index contributed by atoms with van der Waals surface area (Å²) < 4.78 is 27.9. The molecule has 0 unspecified atom stereocenters. The number of amides is 1. The number of allylic oxidation sites excluding steroid dienone is 1. The summed E-state index contributed by atoms with van der Waals surface area (Å²) in [4.78, 5) is 33.7. The molecular weight excluding hydrogens is 436 g/mol. The van der Waals surface area contributed by atoms with Gasteiger partial charge in [0.25, 0.3) is 5.91 Å². The predicted octanol–water partition coefficient (Wildman–Crippen LogP) is 4.36. The number of dihydropyridines is 1. The molecule has 2 aromatic carbocycles. The van der Waals surface area contributed by atoms with Crippen LogP contribution in [0, 0.1) is 11.6 Å². The quantitative estimate of drug-likeness (QED) is 0.677. The zero-order valence-corrected chi connectivity index (χ0v) is 19.0. The number of nitrogens with zero attached hydrogens (tertiary/aromatic N) is 3. The third-order valence-electron chi connectivity index (χ3n) is 6.96. The molecular formula is C27H27F2N3O2. The van der Waals surface area contributed by atoms with Crippen LogP contribution in [-0.4, -0.2) is 55.0 Å². The third kappa shape index (κ3) is 4.52. The Kier molecular flexibility index (Phi) is 6.26. The SMILES string of the molecule is O=C1CN=C(Cc2ccc(F)c(C(=O)N3CCN(c4ccc(F)cc4)CC3)c2)C2=C1CCCC2. The van der Waals surface area contributed by atoms with E-state index in [2.05, 4.69) is 9.89 Å². The number of Topliss-reactive ketones (excluding diaryl/α,β-unsaturated/α-hetero) is 1. The van der Waals surface area contributed by atoms with Crippen LogP contribution in [0.5, 0.6) is 0 Å². The summed E-state index contributed by atoms with van der Waals surface area (Å²) in [6.45, 7) is 2.30. The van der Waals surface area contributed by atoms with Gasteiger partial charge in [-0.15, -0.1) is 0 Å². The summed E-state index contributed by atoms with van der Waals surface area (Å²) in [5, 5.41) is 0. The van der Waals surface area contributed by atoms with Crippen LogP contribution < -0.4 is 4.90 Å². The van der Waals surface area contributed by atoms with Gasteiger partial charge in [0.05, 0.1) is 5.56 Å². The van der Waals surface area contributed by atoms with Crippen molar-refractivity contribution in [2.75, 3.05) is 37.6 Å². The zero-order chi connectivity index (χ0) is 23.7. The lowest BCUT2D eigenvalue weighted by Gasteiger charge is -2.36. The average molecular weight is 464 g/mol. The van der Waals surface area contributed by atoms with Crippen LogP contribution in [0.4, 0.5) is 14.5 Å². The van der Waals surface area contributed by atoms with E-state index >= 15 is 0 Å². The molecule has 0 aromatic heterocycles. The number of halogens is 2. The topological polar surface area (TPSA) is 53.0 Å². The molecule has 34 heavy (non-hydrogen) atoms. The van der Waals surface area contributed by atoms with Gasteiger partial charge in [0.1, 0.15) is 18.2 Å². The van der Waals surface area contributed by atoms with E-state index in [0.717, 1.165) is 53.8 Å². The van der Waals surface area contributed by atoms with Gasteiger partial charge in [-0.2, -0.15) is 0 Å². The van der Waals surface area contributed by atoms with Crippen LogP contribution >= 0.6 is 0 Å². The molecule has 0 N–H and O–H groups in total. The molecule has 3 aliphatic rings. The van der Waals surface area contributed by atoms with E-state index in [4.69, 9.17) is 0 Å². The number of aliphatic imine (C=N–C) groups is 1. The molecule has 1 aliphatic carbocycles. The first-order chi connectivity index (χ1) is 16.5. The zero-order valence-electron chi connectivity index (χ0n) is 19.0. The number of hydrogen-bond donors (Lipinski definition) is 0. The second kappa shape index (κ2) is 9.49. The van der Waals surface area contributed by atoms with Crippen molar-refractivity contribution >= 4 is 23.1 Å². The van der Waals surface area contributed by atoms with Crippen molar-refractivity contribution in [3.05, 3.63) is 76.4 Å². The number of ketones is 1. The number of anilines is 1. The maximum atomic E-state index is 14.7. The lowest BCUT2D eigenvalue weighted by molar-refractivity contribution is -0.114. The van der Waals surface area contributed by atoms with E-state index in [-0.39, 0.29) is 29.6 Å². The number of carbonyl (C=O) groups excluding carboxylic acids is 2.